The minimum Gasteiger partial charge on any atom is -0.279 e. The summed E-state index contributed by atoms with van der Waals surface area (Å²) in [7, 11) is 1.85. The Morgan fingerprint density at radius 1 is 1.16 bits per heavy atom. The van der Waals surface area contributed by atoms with Crippen molar-refractivity contribution in [2.75, 3.05) is 11.4 Å². The Bertz CT molecular complexity index is 918. The van der Waals surface area contributed by atoms with Gasteiger partial charge in [-0.25, -0.2) is 9.50 Å². The van der Waals surface area contributed by atoms with Gasteiger partial charge in [-0.05, 0) is 20.3 Å². The standard InChI is InChI=1S/C16H20N8O/c1-10-9-17-11(2)15-18-12(20-24(10)15)6-7-13-19-16(21-22(13)3)23-8-4-5-14(23)25/h9H,4-8H2,1-3H3. The second-order valence-electron chi connectivity index (χ2n) is 6.35. The lowest BCUT2D eigenvalue weighted by molar-refractivity contribution is -0.117. The van der Waals surface area contributed by atoms with E-state index < -0.39 is 0 Å². The molecular formula is C16H20N8O. The highest BCUT2D eigenvalue weighted by Crippen LogP contribution is 2.18. The molecule has 0 unspecified atom stereocenters. The van der Waals surface area contributed by atoms with E-state index in [0.29, 0.717) is 31.8 Å². The fourth-order valence-electron chi connectivity index (χ4n) is 3.06. The number of rotatable bonds is 4. The number of nitrogens with zero attached hydrogens (tertiary/aromatic N) is 8. The highest BCUT2D eigenvalue weighted by atomic mass is 16.2. The summed E-state index contributed by atoms with van der Waals surface area (Å²) in [4.78, 5) is 26.9. The van der Waals surface area contributed by atoms with E-state index in [2.05, 4.69) is 25.1 Å². The van der Waals surface area contributed by atoms with Crippen molar-refractivity contribution in [2.45, 2.75) is 39.5 Å². The summed E-state index contributed by atoms with van der Waals surface area (Å²) < 4.78 is 3.55. The maximum absolute atomic E-state index is 11.8. The molecule has 1 fully saturated rings. The van der Waals surface area contributed by atoms with Gasteiger partial charge in [0, 0.05) is 39.1 Å². The predicted octanol–water partition coefficient (Wildman–Crippen LogP) is 0.782. The number of carbonyl (C=O) groups excluding carboxylic acids is 1. The minimum absolute atomic E-state index is 0.0950. The molecule has 3 aromatic rings. The van der Waals surface area contributed by atoms with Gasteiger partial charge in [0.2, 0.25) is 5.91 Å². The normalized spacial score (nSPS) is 14.8. The van der Waals surface area contributed by atoms with Crippen LogP contribution in [0.5, 0.6) is 0 Å². The summed E-state index contributed by atoms with van der Waals surface area (Å²) in [6.07, 6.45) is 4.55. The van der Waals surface area contributed by atoms with Crippen molar-refractivity contribution in [1.29, 1.82) is 0 Å². The zero-order chi connectivity index (χ0) is 17.6. The second kappa shape index (κ2) is 5.91. The summed E-state index contributed by atoms with van der Waals surface area (Å²) in [6, 6.07) is 0. The first-order valence-corrected chi connectivity index (χ1v) is 8.41. The van der Waals surface area contributed by atoms with E-state index in [9.17, 15) is 4.79 Å². The van der Waals surface area contributed by atoms with Gasteiger partial charge in [0.15, 0.2) is 11.5 Å². The van der Waals surface area contributed by atoms with E-state index in [-0.39, 0.29) is 5.91 Å². The minimum atomic E-state index is 0.0950. The van der Waals surface area contributed by atoms with Crippen molar-refractivity contribution in [3.05, 3.63) is 29.2 Å². The molecule has 25 heavy (non-hydrogen) atoms. The lowest BCUT2D eigenvalue weighted by Gasteiger charge is -2.08. The SMILES string of the molecule is Cc1ncc(C)n2nc(CCc3nc(N4CCCC4=O)nn3C)nc12. The summed E-state index contributed by atoms with van der Waals surface area (Å²) in [5.74, 6) is 2.16. The number of anilines is 1. The average Bonchev–Trinajstić information content (AvgIpc) is 3.28. The molecule has 9 nitrogen and oxygen atoms in total. The van der Waals surface area contributed by atoms with E-state index in [4.69, 9.17) is 0 Å². The number of amides is 1. The molecule has 9 heteroatoms. The number of aryl methyl sites for hydroxylation is 5. The molecule has 3 aromatic heterocycles. The first kappa shape index (κ1) is 15.7. The van der Waals surface area contributed by atoms with Crippen LogP contribution in [0.15, 0.2) is 6.20 Å². The summed E-state index contributed by atoms with van der Waals surface area (Å²) in [6.45, 7) is 4.58. The van der Waals surface area contributed by atoms with Crippen LogP contribution in [0.2, 0.25) is 0 Å². The molecule has 0 aromatic carbocycles. The Hall–Kier alpha value is -2.84. The van der Waals surface area contributed by atoms with Crippen molar-refractivity contribution < 1.29 is 4.79 Å². The summed E-state index contributed by atoms with van der Waals surface area (Å²) >= 11 is 0. The van der Waals surface area contributed by atoms with Crippen LogP contribution >= 0.6 is 0 Å². The molecule has 1 aliphatic heterocycles. The quantitative estimate of drug-likeness (QED) is 0.697. The highest BCUT2D eigenvalue weighted by molar-refractivity contribution is 5.93. The predicted molar refractivity (Wildman–Crippen MR) is 90.3 cm³/mol. The molecule has 1 amide bonds. The Balaban J connectivity index is 1.54. The first-order valence-electron chi connectivity index (χ1n) is 8.41. The van der Waals surface area contributed by atoms with Gasteiger partial charge in [-0.1, -0.05) is 0 Å². The summed E-state index contributed by atoms with van der Waals surface area (Å²) in [5.41, 5.74) is 2.60. The second-order valence-corrected chi connectivity index (χ2v) is 6.35. The highest BCUT2D eigenvalue weighted by Gasteiger charge is 2.25. The van der Waals surface area contributed by atoms with Crippen molar-refractivity contribution in [3.8, 4) is 0 Å². The van der Waals surface area contributed by atoms with E-state index >= 15 is 0 Å². The van der Waals surface area contributed by atoms with E-state index in [1.165, 1.54) is 0 Å². The third kappa shape index (κ3) is 2.75. The van der Waals surface area contributed by atoms with Crippen LogP contribution in [0.1, 0.15) is 35.9 Å². The molecule has 0 saturated carbocycles. The van der Waals surface area contributed by atoms with E-state index in [1.54, 1.807) is 15.8 Å². The van der Waals surface area contributed by atoms with Crippen LogP contribution in [-0.4, -0.2) is 46.8 Å². The fraction of sp³-hybridized carbons (Fsp3) is 0.500. The molecular weight excluding hydrogens is 320 g/mol. The number of hydrogen-bond donors (Lipinski definition) is 0. The third-order valence-corrected chi connectivity index (χ3v) is 4.48. The van der Waals surface area contributed by atoms with E-state index in [0.717, 1.165) is 35.1 Å². The molecule has 0 spiro atoms. The Morgan fingerprint density at radius 2 is 2.00 bits per heavy atom. The lowest BCUT2D eigenvalue weighted by Crippen LogP contribution is -2.25. The molecule has 1 aliphatic rings. The Kier molecular flexibility index (Phi) is 3.70. The average molecular weight is 340 g/mol. The molecule has 4 heterocycles. The zero-order valence-corrected chi connectivity index (χ0v) is 14.6. The Morgan fingerprint density at radius 3 is 2.72 bits per heavy atom. The topological polar surface area (TPSA) is 94.1 Å². The van der Waals surface area contributed by atoms with Gasteiger partial charge in [0.25, 0.3) is 5.95 Å². The third-order valence-electron chi connectivity index (χ3n) is 4.48. The lowest BCUT2D eigenvalue weighted by atomic mass is 10.3. The van der Waals surface area contributed by atoms with Crippen LogP contribution in [0.25, 0.3) is 5.65 Å². The Labute approximate surface area is 144 Å². The molecule has 0 atom stereocenters. The van der Waals surface area contributed by atoms with Crippen molar-refractivity contribution in [3.63, 3.8) is 0 Å². The fourth-order valence-corrected chi connectivity index (χ4v) is 3.06. The maximum atomic E-state index is 11.8. The number of fused-ring (bicyclic) bond motifs is 1. The van der Waals surface area contributed by atoms with Crippen molar-refractivity contribution >= 4 is 17.5 Å². The largest absolute Gasteiger partial charge is 0.279 e. The molecule has 4 rings (SSSR count). The number of hydrogen-bond acceptors (Lipinski definition) is 6. The zero-order valence-electron chi connectivity index (χ0n) is 14.6. The molecule has 0 N–H and O–H groups in total. The van der Waals surface area contributed by atoms with Gasteiger partial charge < -0.3 is 0 Å². The van der Waals surface area contributed by atoms with Gasteiger partial charge >= 0.3 is 0 Å². The van der Waals surface area contributed by atoms with Gasteiger partial charge in [0.1, 0.15) is 5.82 Å². The molecule has 0 radical (unpaired) electrons. The van der Waals surface area contributed by atoms with Crippen molar-refractivity contribution in [1.82, 2.24) is 34.3 Å². The van der Waals surface area contributed by atoms with Crippen LogP contribution in [0.3, 0.4) is 0 Å². The van der Waals surface area contributed by atoms with Gasteiger partial charge in [-0.3, -0.25) is 19.4 Å². The maximum Gasteiger partial charge on any atom is 0.251 e. The van der Waals surface area contributed by atoms with Crippen LogP contribution in [0.4, 0.5) is 5.95 Å². The number of carbonyl (C=O) groups is 1. The van der Waals surface area contributed by atoms with Crippen LogP contribution in [0, 0.1) is 13.8 Å². The van der Waals surface area contributed by atoms with Crippen LogP contribution < -0.4 is 4.90 Å². The van der Waals surface area contributed by atoms with Gasteiger partial charge in [-0.15, -0.1) is 5.10 Å². The molecule has 130 valence electrons. The smallest absolute Gasteiger partial charge is 0.251 e. The van der Waals surface area contributed by atoms with Crippen LogP contribution in [-0.2, 0) is 24.7 Å². The van der Waals surface area contributed by atoms with Gasteiger partial charge in [0.05, 0.1) is 11.4 Å². The first-order chi connectivity index (χ1) is 12.0. The number of aromatic nitrogens is 7. The van der Waals surface area contributed by atoms with E-state index in [1.807, 2.05) is 25.4 Å². The molecule has 0 bridgehead atoms. The molecule has 1 saturated heterocycles. The summed E-state index contributed by atoms with van der Waals surface area (Å²) in [5, 5.41) is 8.94. The molecule has 0 aliphatic carbocycles. The van der Waals surface area contributed by atoms with Crippen molar-refractivity contribution in [2.24, 2.45) is 7.05 Å². The van der Waals surface area contributed by atoms with Gasteiger partial charge in [-0.2, -0.15) is 10.1 Å². The monoisotopic (exact) mass is 340 g/mol.